The third-order valence-corrected chi connectivity index (χ3v) is 7.77. The van der Waals surface area contributed by atoms with Crippen LogP contribution in [-0.4, -0.2) is 32.2 Å². The van der Waals surface area contributed by atoms with E-state index >= 15 is 0 Å². The summed E-state index contributed by atoms with van der Waals surface area (Å²) in [6.45, 7) is 11.5. The number of aryl methyl sites for hydroxylation is 2. The van der Waals surface area contributed by atoms with Crippen LogP contribution in [0, 0.1) is 6.92 Å². The van der Waals surface area contributed by atoms with Crippen LogP contribution in [0.5, 0.6) is 5.75 Å². The van der Waals surface area contributed by atoms with Gasteiger partial charge in [0.15, 0.2) is 0 Å². The quantitative estimate of drug-likeness (QED) is 0.186. The molecule has 0 bridgehead atoms. The number of unbranched alkanes of at least 4 members (excludes halogenated alkanes) is 1. The second kappa shape index (κ2) is 12.8. The molecule has 0 aliphatic carbocycles. The van der Waals surface area contributed by atoms with Crippen molar-refractivity contribution in [3.63, 3.8) is 0 Å². The molecule has 5 rings (SSSR count). The van der Waals surface area contributed by atoms with Crippen LogP contribution in [-0.2, 0) is 18.5 Å². The second-order valence-corrected chi connectivity index (χ2v) is 12.0. The second-order valence-electron chi connectivity index (χ2n) is 12.0. The van der Waals surface area contributed by atoms with E-state index in [0.29, 0.717) is 35.7 Å². The molecule has 0 aliphatic heterocycles. The van der Waals surface area contributed by atoms with Gasteiger partial charge in [0.05, 0.1) is 7.11 Å². The van der Waals surface area contributed by atoms with Gasteiger partial charge in [0.1, 0.15) is 22.9 Å². The van der Waals surface area contributed by atoms with Gasteiger partial charge in [-0.2, -0.15) is 0 Å². The fourth-order valence-corrected chi connectivity index (χ4v) is 5.48. The number of rotatable bonds is 9. The number of carbonyl (C=O) groups excluding carboxylic acids is 1. The monoisotopic (exact) mass is 592 g/mol. The van der Waals surface area contributed by atoms with E-state index in [1.54, 1.807) is 24.1 Å². The molecule has 2 aromatic carbocycles. The third kappa shape index (κ3) is 6.37. The van der Waals surface area contributed by atoms with Crippen LogP contribution in [0.1, 0.15) is 57.5 Å². The highest BCUT2D eigenvalue weighted by atomic mass is 16.5. The number of ether oxygens (including phenoxy) is 1. The van der Waals surface area contributed by atoms with Crippen molar-refractivity contribution in [1.82, 2.24) is 19.1 Å². The predicted molar refractivity (Wildman–Crippen MR) is 177 cm³/mol. The SMILES string of the molecule is CCCCn1c(=O)c(NC(=O)Nc2cc(Cn3ccnc3C)ccc2C(C)(C)C)c(-c2cccc(OC)c2)c2cccnc21. The Morgan fingerprint density at radius 3 is 2.52 bits per heavy atom. The van der Waals surface area contributed by atoms with Crippen molar-refractivity contribution in [3.8, 4) is 16.9 Å². The number of pyridine rings is 2. The first-order chi connectivity index (χ1) is 21.1. The van der Waals surface area contributed by atoms with Crippen molar-refractivity contribution in [2.45, 2.75) is 66.0 Å². The Balaban J connectivity index is 1.60. The molecule has 3 heterocycles. The molecule has 44 heavy (non-hydrogen) atoms. The smallest absolute Gasteiger partial charge is 0.323 e. The summed E-state index contributed by atoms with van der Waals surface area (Å²) in [6, 6.07) is 16.9. The maximum Gasteiger partial charge on any atom is 0.323 e. The summed E-state index contributed by atoms with van der Waals surface area (Å²) in [4.78, 5) is 36.9. The van der Waals surface area contributed by atoms with E-state index in [1.807, 2.05) is 55.6 Å². The van der Waals surface area contributed by atoms with Gasteiger partial charge in [-0.05, 0) is 65.8 Å². The molecule has 0 atom stereocenters. The van der Waals surface area contributed by atoms with E-state index in [4.69, 9.17) is 4.74 Å². The van der Waals surface area contributed by atoms with E-state index in [1.165, 1.54) is 0 Å². The largest absolute Gasteiger partial charge is 0.497 e. The summed E-state index contributed by atoms with van der Waals surface area (Å²) in [5, 5.41) is 6.80. The van der Waals surface area contributed by atoms with Crippen molar-refractivity contribution in [3.05, 3.63) is 100 Å². The maximum absolute atomic E-state index is 14.2. The molecule has 0 radical (unpaired) electrons. The van der Waals surface area contributed by atoms with Crippen LogP contribution in [0.15, 0.2) is 78.0 Å². The lowest BCUT2D eigenvalue weighted by Gasteiger charge is -2.24. The molecule has 5 aromatic rings. The fraction of sp³-hybridized carbons (Fsp3) is 0.314. The summed E-state index contributed by atoms with van der Waals surface area (Å²) in [6.07, 6.45) is 7.11. The molecule has 0 spiro atoms. The lowest BCUT2D eigenvalue weighted by molar-refractivity contribution is 0.262. The Morgan fingerprint density at radius 1 is 1.00 bits per heavy atom. The van der Waals surface area contributed by atoms with Crippen molar-refractivity contribution >= 4 is 28.4 Å². The number of hydrogen-bond donors (Lipinski definition) is 2. The number of urea groups is 1. The molecule has 9 heteroatoms. The minimum absolute atomic E-state index is 0.190. The maximum atomic E-state index is 14.2. The highest BCUT2D eigenvalue weighted by molar-refractivity contribution is 6.07. The first kappa shape index (κ1) is 30.5. The normalized spacial score (nSPS) is 11.5. The Hall–Kier alpha value is -4.92. The zero-order valence-electron chi connectivity index (χ0n) is 26.3. The summed E-state index contributed by atoms with van der Waals surface area (Å²) in [5.41, 5.74) is 4.24. The van der Waals surface area contributed by atoms with Gasteiger partial charge in [-0.15, -0.1) is 0 Å². The Labute approximate surface area is 257 Å². The van der Waals surface area contributed by atoms with Gasteiger partial charge >= 0.3 is 6.03 Å². The highest BCUT2D eigenvalue weighted by Gasteiger charge is 2.23. The molecule has 2 N–H and O–H groups in total. The summed E-state index contributed by atoms with van der Waals surface area (Å²) >= 11 is 0. The molecule has 0 saturated carbocycles. The molecule has 2 amide bonds. The first-order valence-electron chi connectivity index (χ1n) is 15.0. The van der Waals surface area contributed by atoms with Crippen LogP contribution in [0.4, 0.5) is 16.2 Å². The average Bonchev–Trinajstić information content (AvgIpc) is 3.40. The van der Waals surface area contributed by atoms with Crippen LogP contribution >= 0.6 is 0 Å². The van der Waals surface area contributed by atoms with Crippen LogP contribution in [0.25, 0.3) is 22.2 Å². The number of methoxy groups -OCH3 is 1. The molecule has 228 valence electrons. The average molecular weight is 593 g/mol. The Bertz CT molecular complexity index is 1870. The van der Waals surface area contributed by atoms with Crippen molar-refractivity contribution in [2.24, 2.45) is 0 Å². The summed E-state index contributed by atoms with van der Waals surface area (Å²) in [7, 11) is 1.60. The zero-order chi connectivity index (χ0) is 31.4. The minimum atomic E-state index is -0.502. The molecule has 3 aromatic heterocycles. The molecule has 0 saturated heterocycles. The number of benzene rings is 2. The summed E-state index contributed by atoms with van der Waals surface area (Å²) < 4.78 is 9.21. The Morgan fingerprint density at radius 2 is 1.82 bits per heavy atom. The predicted octanol–water partition coefficient (Wildman–Crippen LogP) is 7.37. The fourth-order valence-electron chi connectivity index (χ4n) is 5.48. The van der Waals surface area contributed by atoms with E-state index in [0.717, 1.165) is 40.7 Å². The van der Waals surface area contributed by atoms with Gasteiger partial charge < -0.3 is 19.9 Å². The lowest BCUT2D eigenvalue weighted by atomic mass is 9.85. The zero-order valence-corrected chi connectivity index (χ0v) is 26.3. The van der Waals surface area contributed by atoms with Crippen molar-refractivity contribution in [1.29, 1.82) is 0 Å². The Kier molecular flexibility index (Phi) is 8.85. The number of imidazole rings is 1. The van der Waals surface area contributed by atoms with Gasteiger partial charge in [-0.25, -0.2) is 14.8 Å². The molecule has 0 fully saturated rings. The molecular formula is C35H40N6O3. The van der Waals surface area contributed by atoms with Gasteiger partial charge in [-0.3, -0.25) is 9.36 Å². The van der Waals surface area contributed by atoms with Gasteiger partial charge in [-0.1, -0.05) is 58.4 Å². The molecule has 9 nitrogen and oxygen atoms in total. The van der Waals surface area contributed by atoms with Gasteiger partial charge in [0.2, 0.25) is 0 Å². The van der Waals surface area contributed by atoms with Gasteiger partial charge in [0.25, 0.3) is 5.56 Å². The minimum Gasteiger partial charge on any atom is -0.497 e. The number of carbonyl (C=O) groups is 1. The lowest BCUT2D eigenvalue weighted by Crippen LogP contribution is -2.30. The highest BCUT2D eigenvalue weighted by Crippen LogP contribution is 2.35. The number of amides is 2. The van der Waals surface area contributed by atoms with Crippen LogP contribution < -0.4 is 20.9 Å². The van der Waals surface area contributed by atoms with Crippen LogP contribution in [0.2, 0.25) is 0 Å². The third-order valence-electron chi connectivity index (χ3n) is 7.77. The van der Waals surface area contributed by atoms with Crippen molar-refractivity contribution in [2.75, 3.05) is 17.7 Å². The molecular weight excluding hydrogens is 552 g/mol. The number of nitrogens with zero attached hydrogens (tertiary/aromatic N) is 4. The molecule has 0 unspecified atom stereocenters. The van der Waals surface area contributed by atoms with Crippen molar-refractivity contribution < 1.29 is 9.53 Å². The molecule has 0 aliphatic rings. The standard InChI is InChI=1S/C35H40N6O3/c1-7-8-18-41-32-27(13-10-16-37-32)30(25-11-9-12-26(21-25)44-6)31(33(41)42)39-34(43)38-29-20-24(14-15-28(29)35(3,4)5)22-40-19-17-36-23(40)2/h9-17,19-21H,7-8,18,22H2,1-6H3,(H2,38,39,43). The van der Waals surface area contributed by atoms with Gasteiger partial charge in [0, 0.05) is 48.3 Å². The van der Waals surface area contributed by atoms with E-state index < -0.39 is 6.03 Å². The number of aromatic nitrogens is 4. The topological polar surface area (TPSA) is 103 Å². The number of anilines is 2. The van der Waals surface area contributed by atoms with E-state index in [-0.39, 0.29) is 16.7 Å². The van der Waals surface area contributed by atoms with E-state index in [9.17, 15) is 9.59 Å². The number of hydrogen-bond acceptors (Lipinski definition) is 5. The summed E-state index contributed by atoms with van der Waals surface area (Å²) in [5.74, 6) is 1.55. The number of nitrogens with one attached hydrogen (secondary N) is 2. The number of fused-ring (bicyclic) bond motifs is 1. The first-order valence-corrected chi connectivity index (χ1v) is 15.0. The van der Waals surface area contributed by atoms with Crippen LogP contribution in [0.3, 0.4) is 0 Å². The van der Waals surface area contributed by atoms with E-state index in [2.05, 4.69) is 65.0 Å².